The highest BCUT2D eigenvalue weighted by molar-refractivity contribution is 7.91. The summed E-state index contributed by atoms with van der Waals surface area (Å²) in [6.07, 6.45) is 9.50. The lowest BCUT2D eigenvalue weighted by Crippen LogP contribution is -2.58. The molecule has 9 rings (SSSR count). The normalized spacial score (nSPS) is 26.7. The van der Waals surface area contributed by atoms with Gasteiger partial charge in [-0.1, -0.05) is 36.6 Å². The van der Waals surface area contributed by atoms with E-state index in [9.17, 15) is 27.6 Å². The van der Waals surface area contributed by atoms with Crippen molar-refractivity contribution in [3.63, 3.8) is 0 Å². The number of sulfonamides is 1. The highest BCUT2D eigenvalue weighted by Crippen LogP contribution is 2.48. The number of amides is 4. The molecule has 0 unspecified atom stereocenters. The average Bonchev–Trinajstić information content (AvgIpc) is 3.93. The predicted octanol–water partition coefficient (Wildman–Crippen LogP) is 6.48. The van der Waals surface area contributed by atoms with Crippen molar-refractivity contribution in [2.75, 3.05) is 13.7 Å². The summed E-state index contributed by atoms with van der Waals surface area (Å²) in [5.74, 6) is -1.46. The fourth-order valence-corrected chi connectivity index (χ4v) is 10.5. The quantitative estimate of drug-likeness (QED) is 0.154. The van der Waals surface area contributed by atoms with Gasteiger partial charge in [-0.2, -0.15) is 4.98 Å². The Kier molecular flexibility index (Phi) is 11.5. The number of aromatic nitrogens is 2. The molecular formula is C45H51ClN6O10S. The Bertz CT molecular complexity index is 2590. The van der Waals surface area contributed by atoms with Gasteiger partial charge in [0.25, 0.3) is 11.8 Å². The number of fused-ring (bicyclic) bond motifs is 5. The second-order valence-electron chi connectivity index (χ2n) is 17.7. The van der Waals surface area contributed by atoms with Crippen molar-refractivity contribution in [2.24, 2.45) is 5.92 Å². The smallest absolute Gasteiger partial charge is 0.408 e. The van der Waals surface area contributed by atoms with Gasteiger partial charge in [-0.15, -0.1) is 0 Å². The van der Waals surface area contributed by atoms with E-state index in [1.807, 2.05) is 24.3 Å². The van der Waals surface area contributed by atoms with E-state index in [0.717, 1.165) is 38.5 Å². The minimum Gasteiger partial charge on any atom is -0.497 e. The molecule has 5 atom stereocenters. The molecule has 16 nitrogen and oxygen atoms in total. The average molecular weight is 903 g/mol. The Morgan fingerprint density at radius 3 is 2.49 bits per heavy atom. The number of carbonyl (C=O) groups is 4. The third-order valence-electron chi connectivity index (χ3n) is 13.2. The lowest BCUT2D eigenvalue weighted by atomic mass is 10.0. The van der Waals surface area contributed by atoms with Crippen LogP contribution in [0.25, 0.3) is 33.5 Å². The zero-order valence-corrected chi connectivity index (χ0v) is 36.8. The second-order valence-corrected chi connectivity index (χ2v) is 20.3. The molecule has 2 aliphatic heterocycles. The topological polar surface area (TPSA) is 208 Å². The van der Waals surface area contributed by atoms with Crippen molar-refractivity contribution in [1.82, 2.24) is 30.2 Å². The molecule has 334 valence electrons. The summed E-state index contributed by atoms with van der Waals surface area (Å²) >= 11 is 6.42. The van der Waals surface area contributed by atoms with Crippen molar-refractivity contribution in [3.05, 3.63) is 59.6 Å². The fourth-order valence-electron chi connectivity index (χ4n) is 8.98. The van der Waals surface area contributed by atoms with Crippen LogP contribution in [-0.2, 0) is 29.1 Å². The number of alkyl carbamates (subject to hydrolysis) is 1. The molecule has 2 aromatic carbocycles. The van der Waals surface area contributed by atoms with E-state index < -0.39 is 68.2 Å². The molecule has 3 N–H and O–H groups in total. The van der Waals surface area contributed by atoms with Crippen LogP contribution in [0.5, 0.6) is 11.6 Å². The molecule has 4 heterocycles. The molecule has 0 radical (unpaired) electrons. The summed E-state index contributed by atoms with van der Waals surface area (Å²) in [5, 5.41) is 6.82. The maximum atomic E-state index is 14.8. The molecular weight excluding hydrogens is 852 g/mol. The maximum Gasteiger partial charge on any atom is 0.408 e. The third-order valence-corrected chi connectivity index (χ3v) is 15.6. The van der Waals surface area contributed by atoms with Crippen LogP contribution in [-0.4, -0.2) is 95.3 Å². The van der Waals surface area contributed by atoms with E-state index >= 15 is 0 Å². The van der Waals surface area contributed by atoms with Crippen molar-refractivity contribution < 1.29 is 46.2 Å². The molecule has 5 aliphatic rings. The highest BCUT2D eigenvalue weighted by Gasteiger charge is 2.63. The molecule has 4 fully saturated rings. The number of hydrogen-bond acceptors (Lipinski definition) is 12. The van der Waals surface area contributed by atoms with E-state index in [1.54, 1.807) is 44.4 Å². The van der Waals surface area contributed by atoms with Crippen LogP contribution in [0.2, 0.25) is 5.02 Å². The van der Waals surface area contributed by atoms with Gasteiger partial charge in [-0.25, -0.2) is 18.2 Å². The summed E-state index contributed by atoms with van der Waals surface area (Å²) in [6, 6.07) is 10.1. The lowest BCUT2D eigenvalue weighted by Gasteiger charge is -2.30. The van der Waals surface area contributed by atoms with Gasteiger partial charge >= 0.3 is 6.09 Å². The van der Waals surface area contributed by atoms with Gasteiger partial charge in [-0.05, 0) is 114 Å². The van der Waals surface area contributed by atoms with Crippen LogP contribution in [0.3, 0.4) is 0 Å². The lowest BCUT2D eigenvalue weighted by molar-refractivity contribution is -0.141. The van der Waals surface area contributed by atoms with E-state index in [4.69, 9.17) is 40.2 Å². The second kappa shape index (κ2) is 16.9. The van der Waals surface area contributed by atoms with E-state index in [-0.39, 0.29) is 37.0 Å². The van der Waals surface area contributed by atoms with Crippen molar-refractivity contribution in [3.8, 4) is 23.0 Å². The number of nitrogens with one attached hydrogen (secondary N) is 3. The summed E-state index contributed by atoms with van der Waals surface area (Å²) in [7, 11) is -2.46. The first-order chi connectivity index (χ1) is 30.3. The minimum atomic E-state index is -4.03. The van der Waals surface area contributed by atoms with Gasteiger partial charge in [0.2, 0.25) is 27.4 Å². The molecule has 0 spiro atoms. The maximum absolute atomic E-state index is 14.8. The summed E-state index contributed by atoms with van der Waals surface area (Å²) in [5.41, 5.74) is 0.241. The first-order valence-electron chi connectivity index (χ1n) is 21.8. The van der Waals surface area contributed by atoms with Gasteiger partial charge in [0.1, 0.15) is 46.7 Å². The van der Waals surface area contributed by atoms with Crippen LogP contribution in [0.15, 0.2) is 59.0 Å². The molecule has 0 bridgehead atoms. The van der Waals surface area contributed by atoms with Crippen LogP contribution in [0.1, 0.15) is 90.4 Å². The van der Waals surface area contributed by atoms with Crippen LogP contribution >= 0.6 is 11.6 Å². The minimum absolute atomic E-state index is 0.0409. The van der Waals surface area contributed by atoms with Crippen LogP contribution in [0, 0.1) is 5.92 Å². The molecule has 4 aromatic rings. The summed E-state index contributed by atoms with van der Waals surface area (Å²) in [6.45, 7) is 1.49. The van der Waals surface area contributed by atoms with Crippen molar-refractivity contribution in [1.29, 1.82) is 0 Å². The van der Waals surface area contributed by atoms with Gasteiger partial charge < -0.3 is 34.2 Å². The number of methoxy groups -OCH3 is 1. The van der Waals surface area contributed by atoms with E-state index in [1.165, 1.54) is 4.90 Å². The van der Waals surface area contributed by atoms with Crippen molar-refractivity contribution in [2.45, 2.75) is 125 Å². The largest absolute Gasteiger partial charge is 0.497 e. The first kappa shape index (κ1) is 42.9. The Morgan fingerprint density at radius 1 is 0.984 bits per heavy atom. The number of allylic oxidation sites excluding steroid dienone is 1. The number of nitrogens with zero attached hydrogens (tertiary/aromatic N) is 3. The van der Waals surface area contributed by atoms with Gasteiger partial charge in [0.05, 0.1) is 18.4 Å². The van der Waals surface area contributed by atoms with E-state index in [2.05, 4.69) is 15.4 Å². The number of carbonyl (C=O) groups excluding carboxylic acids is 4. The predicted molar refractivity (Wildman–Crippen MR) is 232 cm³/mol. The molecule has 3 aliphatic carbocycles. The summed E-state index contributed by atoms with van der Waals surface area (Å²) < 4.78 is 51.8. The number of benzene rings is 2. The first-order valence-corrected chi connectivity index (χ1v) is 23.7. The zero-order valence-electron chi connectivity index (χ0n) is 35.2. The van der Waals surface area contributed by atoms with Gasteiger partial charge in [0.15, 0.2) is 5.82 Å². The Balaban J connectivity index is 1.06. The fraction of sp³-hybridized carbons (Fsp3) is 0.511. The molecule has 1 saturated heterocycles. The van der Waals surface area contributed by atoms with Crippen molar-refractivity contribution >= 4 is 67.5 Å². The number of hydrogen-bond donors (Lipinski definition) is 3. The molecule has 18 heteroatoms. The Hall–Kier alpha value is -5.42. The van der Waals surface area contributed by atoms with Crippen LogP contribution in [0.4, 0.5) is 4.79 Å². The SMILES string of the molecule is COc1ccc(-c2nc(O[C@@H]3C[C@H]4C(=O)N[C@]5(C(=O)NS(=O)(=O)C6(C)CC6)C[C@H]5/C=C\CCCCC[C@H](NC(=O)OC5CCCC5)C(=O)N4C3)c3oc4ccc(Cl)cc4c3n2)cc1. The van der Waals surface area contributed by atoms with Gasteiger partial charge in [-0.3, -0.25) is 19.1 Å². The Labute approximate surface area is 369 Å². The highest BCUT2D eigenvalue weighted by atomic mass is 35.5. The zero-order chi connectivity index (χ0) is 44.1. The molecule has 3 saturated carbocycles. The number of furan rings is 1. The number of rotatable bonds is 9. The Morgan fingerprint density at radius 2 is 1.75 bits per heavy atom. The molecule has 2 aromatic heterocycles. The monoisotopic (exact) mass is 902 g/mol. The molecule has 4 amide bonds. The third kappa shape index (κ3) is 8.65. The number of halogens is 1. The van der Waals surface area contributed by atoms with Gasteiger partial charge in [0, 0.05) is 28.3 Å². The van der Waals surface area contributed by atoms with Crippen LogP contribution < -0.4 is 24.8 Å². The van der Waals surface area contributed by atoms with E-state index in [0.29, 0.717) is 70.8 Å². The summed E-state index contributed by atoms with van der Waals surface area (Å²) in [4.78, 5) is 67.9. The molecule has 63 heavy (non-hydrogen) atoms. The standard InChI is InChI=1S/C45H51ClN6O10S/c1-44(20-21-44)63(57,58)51-42(55)45-24-27(45)10-6-4-3-5-7-13-33(47-43(56)61-30-11-8-9-12-30)41(54)52-25-31(23-34(52)39(53)50-45)60-40-37-36(32-22-28(46)16-19-35(32)62-37)48-38(49-40)26-14-17-29(59-2)18-15-26/h6,10,14-19,22,27,30-31,33-34H,3-5,7-9,11-13,20-21,23-25H2,1-2H3,(H,47,56)(H,50,53)(H,51,55)/b10-6-/t27-,31-,33+,34+,45-/m1/s1. The number of ether oxygens (including phenoxy) is 3.